The van der Waals surface area contributed by atoms with Gasteiger partial charge in [0.05, 0.1) is 28.3 Å². The van der Waals surface area contributed by atoms with Crippen molar-refractivity contribution in [3.8, 4) is 23.0 Å². The monoisotopic (exact) mass is 766 g/mol. The van der Waals surface area contributed by atoms with E-state index in [0.29, 0.717) is 17.3 Å². The molecular weight excluding hydrogens is 733 g/mol. The van der Waals surface area contributed by atoms with Crippen molar-refractivity contribution >= 4 is 92.5 Å². The summed E-state index contributed by atoms with van der Waals surface area (Å²) in [5.41, 5.74) is 9.71. The topological polar surface area (TPSA) is 61.4 Å². The van der Waals surface area contributed by atoms with Crippen LogP contribution in [0.1, 0.15) is 18.5 Å². The van der Waals surface area contributed by atoms with Crippen LogP contribution < -0.4 is 0 Å². The number of para-hydroxylation sites is 1. The van der Waals surface area contributed by atoms with Gasteiger partial charge >= 0.3 is 0 Å². The second-order valence-corrected chi connectivity index (χ2v) is 15.7. The van der Waals surface area contributed by atoms with Crippen LogP contribution in [0.3, 0.4) is 0 Å². The second-order valence-electron chi connectivity index (χ2n) is 15.7. The summed E-state index contributed by atoms with van der Waals surface area (Å²) in [7, 11) is 0. The van der Waals surface area contributed by atoms with Crippen LogP contribution in [0.5, 0.6) is 0 Å². The van der Waals surface area contributed by atoms with Crippen molar-refractivity contribution in [3.63, 3.8) is 0 Å². The molecule has 0 saturated carbocycles. The molecule has 0 saturated heterocycles. The van der Waals surface area contributed by atoms with Gasteiger partial charge in [-0.15, -0.1) is 0 Å². The van der Waals surface area contributed by atoms with Crippen molar-refractivity contribution in [3.05, 3.63) is 188 Å². The molecule has 0 fully saturated rings. The predicted octanol–water partition coefficient (Wildman–Crippen LogP) is 13.5. The average molecular weight is 767 g/mol. The Bertz CT molecular complexity index is 3820. The minimum atomic E-state index is 0.580. The molecule has 0 radical (unpaired) electrons. The summed E-state index contributed by atoms with van der Waals surface area (Å²) in [6, 6.07) is 56.4. The highest BCUT2D eigenvalue weighted by molar-refractivity contribution is 6.39. The van der Waals surface area contributed by atoms with Crippen molar-refractivity contribution < 1.29 is 0 Å². The molecule has 0 unspecified atom stereocenters. The van der Waals surface area contributed by atoms with Gasteiger partial charge in [-0.25, -0.2) is 19.9 Å². The maximum Gasteiger partial charge on any atom is 0.236 e. The summed E-state index contributed by atoms with van der Waals surface area (Å²) in [6.45, 7) is 0. The SMILES string of the molecule is C1=CC(c2nc(-n3c4c5ccccc5ccc4c4c5ccccc5c5c6ccc7ccccc7c6n(-c6ccccc6)c5c43)nc3cnc(-c4ccccc4)nc23)=CCC1. The number of nitrogens with zero attached hydrogens (tertiary/aromatic N) is 6. The lowest BCUT2D eigenvalue weighted by Crippen LogP contribution is -2.08. The van der Waals surface area contributed by atoms with E-state index in [0.717, 1.165) is 73.6 Å². The van der Waals surface area contributed by atoms with Crippen LogP contribution in [-0.2, 0) is 0 Å². The maximum atomic E-state index is 5.63. The summed E-state index contributed by atoms with van der Waals surface area (Å²) in [5, 5.41) is 11.8. The summed E-state index contributed by atoms with van der Waals surface area (Å²) < 4.78 is 4.84. The van der Waals surface area contributed by atoms with Gasteiger partial charge in [-0.2, -0.15) is 0 Å². The highest BCUT2D eigenvalue weighted by Gasteiger charge is 2.28. The van der Waals surface area contributed by atoms with Gasteiger partial charge in [-0.1, -0.05) is 164 Å². The van der Waals surface area contributed by atoms with Gasteiger partial charge in [0, 0.05) is 43.6 Å². The Morgan fingerprint density at radius 2 is 1.03 bits per heavy atom. The molecule has 60 heavy (non-hydrogen) atoms. The highest BCUT2D eigenvalue weighted by atomic mass is 15.2. The van der Waals surface area contributed by atoms with Crippen LogP contribution in [-0.4, -0.2) is 29.1 Å². The lowest BCUT2D eigenvalue weighted by Gasteiger charge is -2.16. The number of allylic oxidation sites excluding steroid dienone is 4. The molecule has 8 aromatic carbocycles. The molecule has 6 heteroatoms. The molecule has 0 aliphatic heterocycles. The third kappa shape index (κ3) is 4.70. The molecule has 12 aromatic rings. The van der Waals surface area contributed by atoms with Gasteiger partial charge in [0.15, 0.2) is 5.82 Å². The minimum Gasteiger partial charge on any atom is -0.307 e. The number of hydrogen-bond acceptors (Lipinski definition) is 4. The normalized spacial score (nSPS) is 13.2. The number of rotatable bonds is 4. The quantitative estimate of drug-likeness (QED) is 0.179. The predicted molar refractivity (Wildman–Crippen MR) is 248 cm³/mol. The van der Waals surface area contributed by atoms with E-state index in [1.165, 1.54) is 43.2 Å². The highest BCUT2D eigenvalue weighted by Crippen LogP contribution is 2.49. The molecule has 0 N–H and O–H groups in total. The fourth-order valence-corrected chi connectivity index (χ4v) is 9.78. The average Bonchev–Trinajstić information content (AvgIpc) is 3.87. The Balaban J connectivity index is 1.29. The van der Waals surface area contributed by atoms with Crippen LogP contribution >= 0.6 is 0 Å². The van der Waals surface area contributed by atoms with E-state index < -0.39 is 0 Å². The van der Waals surface area contributed by atoms with Crippen LogP contribution in [0.15, 0.2) is 182 Å². The van der Waals surface area contributed by atoms with E-state index in [4.69, 9.17) is 19.9 Å². The first-order chi connectivity index (χ1) is 29.8. The standard InChI is InChI=1S/C54H34N6/c1-4-18-35(19-5-1)47-48-44(32-55-53(57-48)36-20-6-2-7-21-36)56-54(58-47)60-50-39-25-13-11-17-34(39)29-31-43(50)46-41-27-15-14-26-40(41)45-42-30-28-33-16-10-12-24-38(33)49(42)59(51(45)52(46)60)37-22-8-3-9-23-37/h2-4,6-32H,1,5H2. The van der Waals surface area contributed by atoms with Gasteiger partial charge in [0.1, 0.15) is 16.7 Å². The molecule has 0 bridgehead atoms. The third-order valence-corrected chi connectivity index (χ3v) is 12.3. The molecule has 4 aromatic heterocycles. The molecule has 1 aliphatic carbocycles. The third-order valence-electron chi connectivity index (χ3n) is 12.3. The Morgan fingerprint density at radius 1 is 0.450 bits per heavy atom. The first-order valence-electron chi connectivity index (χ1n) is 20.6. The molecule has 0 spiro atoms. The van der Waals surface area contributed by atoms with E-state index in [1.807, 2.05) is 36.5 Å². The summed E-state index contributed by atoms with van der Waals surface area (Å²) in [6.07, 6.45) is 10.5. The summed E-state index contributed by atoms with van der Waals surface area (Å²) in [4.78, 5) is 21.2. The van der Waals surface area contributed by atoms with Gasteiger partial charge in [-0.3, -0.25) is 4.57 Å². The zero-order chi connectivity index (χ0) is 39.3. The zero-order valence-corrected chi connectivity index (χ0v) is 32.4. The van der Waals surface area contributed by atoms with Gasteiger partial charge in [-0.05, 0) is 52.1 Å². The Labute approximate surface area is 344 Å². The van der Waals surface area contributed by atoms with Crippen molar-refractivity contribution in [2.24, 2.45) is 0 Å². The van der Waals surface area contributed by atoms with E-state index in [1.54, 1.807) is 0 Å². The number of aromatic nitrogens is 6. The molecule has 0 amide bonds. The van der Waals surface area contributed by atoms with Crippen molar-refractivity contribution in [2.45, 2.75) is 12.8 Å². The van der Waals surface area contributed by atoms with Crippen LogP contribution in [0.25, 0.3) is 116 Å². The molecule has 0 atom stereocenters. The van der Waals surface area contributed by atoms with E-state index >= 15 is 0 Å². The number of fused-ring (bicyclic) bond motifs is 15. The molecule has 280 valence electrons. The number of hydrogen-bond donors (Lipinski definition) is 0. The Kier molecular flexibility index (Phi) is 7.04. The van der Waals surface area contributed by atoms with Crippen LogP contribution in [0.2, 0.25) is 0 Å². The molecular formula is C54H34N6. The lowest BCUT2D eigenvalue weighted by molar-refractivity contribution is 0.989. The van der Waals surface area contributed by atoms with Crippen LogP contribution in [0, 0.1) is 0 Å². The van der Waals surface area contributed by atoms with E-state index in [-0.39, 0.29) is 0 Å². The van der Waals surface area contributed by atoms with E-state index in [9.17, 15) is 0 Å². The van der Waals surface area contributed by atoms with E-state index in [2.05, 4.69) is 155 Å². The maximum absolute atomic E-state index is 5.63. The van der Waals surface area contributed by atoms with Crippen molar-refractivity contribution in [1.82, 2.24) is 29.1 Å². The lowest BCUT2D eigenvalue weighted by atomic mass is 9.97. The largest absolute Gasteiger partial charge is 0.307 e. The Morgan fingerprint density at radius 3 is 1.68 bits per heavy atom. The molecule has 4 heterocycles. The minimum absolute atomic E-state index is 0.580. The zero-order valence-electron chi connectivity index (χ0n) is 32.4. The molecule has 13 rings (SSSR count). The molecule has 6 nitrogen and oxygen atoms in total. The number of benzene rings is 8. The fourth-order valence-electron chi connectivity index (χ4n) is 9.78. The first-order valence-corrected chi connectivity index (χ1v) is 20.6. The van der Waals surface area contributed by atoms with Gasteiger partial charge in [0.2, 0.25) is 5.95 Å². The Hall–Kier alpha value is -7.96. The smallest absolute Gasteiger partial charge is 0.236 e. The second kappa shape index (κ2) is 12.8. The fraction of sp³-hybridized carbons (Fsp3) is 0.0370. The summed E-state index contributed by atoms with van der Waals surface area (Å²) in [5.74, 6) is 1.23. The van der Waals surface area contributed by atoms with Gasteiger partial charge in [0.25, 0.3) is 0 Å². The first kappa shape index (κ1) is 33.1. The van der Waals surface area contributed by atoms with Crippen molar-refractivity contribution in [1.29, 1.82) is 0 Å². The van der Waals surface area contributed by atoms with Crippen LogP contribution in [0.4, 0.5) is 0 Å². The van der Waals surface area contributed by atoms with Crippen molar-refractivity contribution in [2.75, 3.05) is 0 Å². The van der Waals surface area contributed by atoms with Gasteiger partial charge < -0.3 is 4.57 Å². The molecule has 1 aliphatic rings. The summed E-state index contributed by atoms with van der Waals surface area (Å²) >= 11 is 0.